The molecule has 9 heteroatoms. The van der Waals surface area contributed by atoms with Gasteiger partial charge in [0.25, 0.3) is 11.6 Å². The highest BCUT2D eigenvalue weighted by Crippen LogP contribution is 2.29. The molecule has 1 amide bonds. The number of nitrogens with one attached hydrogen (secondary N) is 1. The standard InChI is InChI=1S/C16H15N3O6/c1-3-25-15-7-4-11(9-14(15)19(23)24)16(20)17-13-6-5-12(18(21)22)8-10(13)2/h4-9H,3H2,1-2H3,(H,17,20). The second kappa shape index (κ2) is 7.39. The quantitative estimate of drug-likeness (QED) is 0.631. The minimum Gasteiger partial charge on any atom is -0.487 e. The van der Waals surface area contributed by atoms with E-state index in [-0.39, 0.29) is 29.3 Å². The molecule has 2 aromatic carbocycles. The fourth-order valence-electron chi connectivity index (χ4n) is 2.17. The van der Waals surface area contributed by atoms with Gasteiger partial charge in [0.15, 0.2) is 5.75 Å². The van der Waals surface area contributed by atoms with E-state index < -0.39 is 15.8 Å². The van der Waals surface area contributed by atoms with Crippen molar-refractivity contribution in [1.82, 2.24) is 0 Å². The van der Waals surface area contributed by atoms with Crippen molar-refractivity contribution in [2.75, 3.05) is 11.9 Å². The minimum atomic E-state index is -0.626. The first-order valence-corrected chi connectivity index (χ1v) is 7.31. The van der Waals surface area contributed by atoms with Crippen LogP contribution in [0.3, 0.4) is 0 Å². The van der Waals surface area contributed by atoms with Gasteiger partial charge in [0.1, 0.15) is 0 Å². The van der Waals surface area contributed by atoms with Crippen molar-refractivity contribution in [2.45, 2.75) is 13.8 Å². The molecule has 9 nitrogen and oxygen atoms in total. The molecule has 0 heterocycles. The zero-order valence-electron chi connectivity index (χ0n) is 13.5. The molecule has 130 valence electrons. The number of carbonyl (C=O) groups excluding carboxylic acids is 1. The van der Waals surface area contributed by atoms with Crippen molar-refractivity contribution in [3.05, 3.63) is 67.8 Å². The number of non-ortho nitro benzene ring substituents is 1. The molecule has 0 bridgehead atoms. The third-order valence-electron chi connectivity index (χ3n) is 3.39. The molecule has 0 fully saturated rings. The lowest BCUT2D eigenvalue weighted by Crippen LogP contribution is -2.13. The van der Waals surface area contributed by atoms with Crippen molar-refractivity contribution < 1.29 is 19.4 Å². The average molecular weight is 345 g/mol. The number of hydrogen-bond acceptors (Lipinski definition) is 6. The zero-order chi connectivity index (χ0) is 18.6. The van der Waals surface area contributed by atoms with Gasteiger partial charge in [0.2, 0.25) is 0 Å². The van der Waals surface area contributed by atoms with Gasteiger partial charge in [-0.2, -0.15) is 0 Å². The van der Waals surface area contributed by atoms with Crippen LogP contribution >= 0.6 is 0 Å². The molecule has 25 heavy (non-hydrogen) atoms. The van der Waals surface area contributed by atoms with E-state index >= 15 is 0 Å². The van der Waals surface area contributed by atoms with Crippen molar-refractivity contribution in [3.8, 4) is 5.75 Å². The minimum absolute atomic E-state index is 0.0768. The van der Waals surface area contributed by atoms with Crippen LogP contribution in [0.4, 0.5) is 17.1 Å². The van der Waals surface area contributed by atoms with Crippen molar-refractivity contribution in [3.63, 3.8) is 0 Å². The van der Waals surface area contributed by atoms with Crippen LogP contribution in [0, 0.1) is 27.2 Å². The van der Waals surface area contributed by atoms with E-state index in [1.54, 1.807) is 13.8 Å². The number of rotatable bonds is 6. The summed E-state index contributed by atoms with van der Waals surface area (Å²) in [6.45, 7) is 3.57. The van der Waals surface area contributed by atoms with E-state index in [4.69, 9.17) is 4.74 Å². The van der Waals surface area contributed by atoms with Gasteiger partial charge in [-0.25, -0.2) is 0 Å². The third kappa shape index (κ3) is 4.08. The molecular weight excluding hydrogens is 330 g/mol. The fraction of sp³-hybridized carbons (Fsp3) is 0.188. The van der Waals surface area contributed by atoms with Gasteiger partial charge in [-0.05, 0) is 37.6 Å². The predicted octanol–water partition coefficient (Wildman–Crippen LogP) is 3.46. The van der Waals surface area contributed by atoms with Crippen LogP contribution in [0.25, 0.3) is 0 Å². The molecule has 0 radical (unpaired) electrons. The van der Waals surface area contributed by atoms with Crippen molar-refractivity contribution >= 4 is 23.0 Å². The van der Waals surface area contributed by atoms with Crippen LogP contribution < -0.4 is 10.1 Å². The Hall–Kier alpha value is -3.49. The molecule has 0 aliphatic carbocycles. The van der Waals surface area contributed by atoms with E-state index in [0.29, 0.717) is 11.3 Å². The number of hydrogen-bond donors (Lipinski definition) is 1. The highest BCUT2D eigenvalue weighted by atomic mass is 16.6. The maximum atomic E-state index is 12.3. The molecule has 0 saturated carbocycles. The molecule has 2 rings (SSSR count). The number of benzene rings is 2. The lowest BCUT2D eigenvalue weighted by Gasteiger charge is -2.09. The molecular formula is C16H15N3O6. The van der Waals surface area contributed by atoms with Gasteiger partial charge in [0, 0.05) is 29.4 Å². The maximum Gasteiger partial charge on any atom is 0.311 e. The summed E-state index contributed by atoms with van der Waals surface area (Å²) in [7, 11) is 0. The number of nitro groups is 2. The average Bonchev–Trinajstić information content (AvgIpc) is 2.56. The molecule has 0 unspecified atom stereocenters. The monoisotopic (exact) mass is 345 g/mol. The summed E-state index contributed by atoms with van der Waals surface area (Å²) >= 11 is 0. The normalized spacial score (nSPS) is 10.2. The molecule has 0 aromatic heterocycles. The van der Waals surface area contributed by atoms with Crippen LogP contribution in [0.5, 0.6) is 5.75 Å². The van der Waals surface area contributed by atoms with Crippen LogP contribution in [-0.2, 0) is 0 Å². The van der Waals surface area contributed by atoms with Gasteiger partial charge in [-0.3, -0.25) is 25.0 Å². The molecule has 1 N–H and O–H groups in total. The van der Waals surface area contributed by atoms with Crippen LogP contribution in [0.1, 0.15) is 22.8 Å². The highest BCUT2D eigenvalue weighted by Gasteiger charge is 2.19. The number of nitro benzene ring substituents is 2. The third-order valence-corrected chi connectivity index (χ3v) is 3.39. The summed E-state index contributed by atoms with van der Waals surface area (Å²) in [5.74, 6) is -0.487. The molecule has 0 aliphatic rings. The second-order valence-corrected chi connectivity index (χ2v) is 5.08. The van der Waals surface area contributed by atoms with Crippen LogP contribution in [0.2, 0.25) is 0 Å². The molecule has 0 aliphatic heterocycles. The summed E-state index contributed by atoms with van der Waals surface area (Å²) in [6, 6.07) is 7.90. The first-order valence-electron chi connectivity index (χ1n) is 7.31. The lowest BCUT2D eigenvalue weighted by molar-refractivity contribution is -0.385. The molecule has 2 aromatic rings. The number of aryl methyl sites for hydroxylation is 1. The Morgan fingerprint density at radius 2 is 1.84 bits per heavy atom. The first kappa shape index (κ1) is 17.9. The van der Waals surface area contributed by atoms with Gasteiger partial charge in [0.05, 0.1) is 16.5 Å². The van der Waals surface area contributed by atoms with Crippen LogP contribution in [0.15, 0.2) is 36.4 Å². The van der Waals surface area contributed by atoms with Crippen molar-refractivity contribution in [2.24, 2.45) is 0 Å². The molecule has 0 saturated heterocycles. The van der Waals surface area contributed by atoms with Gasteiger partial charge < -0.3 is 10.1 Å². The van der Waals surface area contributed by atoms with E-state index in [0.717, 1.165) is 6.07 Å². The summed E-state index contributed by atoms with van der Waals surface area (Å²) in [6.07, 6.45) is 0. The number of nitrogens with zero attached hydrogens (tertiary/aromatic N) is 2. The SMILES string of the molecule is CCOc1ccc(C(=O)Nc2ccc([N+](=O)[O-])cc2C)cc1[N+](=O)[O-]. The largest absolute Gasteiger partial charge is 0.487 e. The Labute approximate surface area is 142 Å². The Morgan fingerprint density at radius 1 is 1.12 bits per heavy atom. The predicted molar refractivity (Wildman–Crippen MR) is 90.1 cm³/mol. The number of carbonyl (C=O) groups is 1. The fourth-order valence-corrected chi connectivity index (χ4v) is 2.17. The van der Waals surface area contributed by atoms with Gasteiger partial charge >= 0.3 is 5.69 Å². The van der Waals surface area contributed by atoms with Crippen LogP contribution in [-0.4, -0.2) is 22.4 Å². The number of anilines is 1. The Balaban J connectivity index is 2.28. The summed E-state index contributed by atoms with van der Waals surface area (Å²) < 4.78 is 5.17. The number of amides is 1. The van der Waals surface area contributed by atoms with Gasteiger partial charge in [-0.1, -0.05) is 0 Å². The van der Waals surface area contributed by atoms with Crippen molar-refractivity contribution in [1.29, 1.82) is 0 Å². The van der Waals surface area contributed by atoms with E-state index in [1.807, 2.05) is 0 Å². The van der Waals surface area contributed by atoms with E-state index in [9.17, 15) is 25.0 Å². The summed E-state index contributed by atoms with van der Waals surface area (Å²) in [5.41, 5.74) is 0.560. The first-order chi connectivity index (χ1) is 11.8. The van der Waals surface area contributed by atoms with E-state index in [2.05, 4.69) is 5.32 Å². The Morgan fingerprint density at radius 3 is 2.40 bits per heavy atom. The lowest BCUT2D eigenvalue weighted by atomic mass is 10.1. The molecule has 0 spiro atoms. The Bertz CT molecular complexity index is 850. The smallest absolute Gasteiger partial charge is 0.311 e. The second-order valence-electron chi connectivity index (χ2n) is 5.08. The van der Waals surface area contributed by atoms with Gasteiger partial charge in [-0.15, -0.1) is 0 Å². The maximum absolute atomic E-state index is 12.3. The highest BCUT2D eigenvalue weighted by molar-refractivity contribution is 6.05. The molecule has 0 atom stereocenters. The summed E-state index contributed by atoms with van der Waals surface area (Å²) in [4.78, 5) is 33.0. The zero-order valence-corrected chi connectivity index (χ0v) is 13.5. The Kier molecular flexibility index (Phi) is 5.28. The number of ether oxygens (including phenoxy) is 1. The van der Waals surface area contributed by atoms with E-state index in [1.165, 1.54) is 30.3 Å². The summed E-state index contributed by atoms with van der Waals surface area (Å²) in [5, 5.41) is 24.4. The topological polar surface area (TPSA) is 125 Å².